The van der Waals surface area contributed by atoms with E-state index in [9.17, 15) is 9.18 Å². The van der Waals surface area contributed by atoms with Crippen LogP contribution < -0.4 is 0 Å². The molecule has 2 aromatic rings. The molecule has 0 heterocycles. The van der Waals surface area contributed by atoms with Gasteiger partial charge in [0.25, 0.3) is 0 Å². The molecule has 1 nitrogen and oxygen atoms in total. The topological polar surface area (TPSA) is 17.1 Å². The first-order valence-electron chi connectivity index (χ1n) is 5.35. The van der Waals surface area contributed by atoms with Crippen molar-refractivity contribution in [3.63, 3.8) is 0 Å². The van der Waals surface area contributed by atoms with E-state index in [1.165, 1.54) is 5.39 Å². The highest BCUT2D eigenvalue weighted by atomic mass is 19.1. The Morgan fingerprint density at radius 2 is 1.76 bits per heavy atom. The Morgan fingerprint density at radius 3 is 2.47 bits per heavy atom. The van der Waals surface area contributed by atoms with Crippen molar-refractivity contribution in [2.75, 3.05) is 6.67 Å². The van der Waals surface area contributed by atoms with Crippen molar-refractivity contribution in [1.82, 2.24) is 0 Å². The van der Waals surface area contributed by atoms with Crippen LogP contribution in [0.5, 0.6) is 0 Å². The smallest absolute Gasteiger partial charge is 0.164 e. The summed E-state index contributed by atoms with van der Waals surface area (Å²) < 4.78 is 12.0. The molecule has 0 fully saturated rings. The van der Waals surface area contributed by atoms with E-state index in [4.69, 9.17) is 0 Å². The summed E-state index contributed by atoms with van der Waals surface area (Å²) in [7, 11) is 0. The SMILES string of the molecule is C.O=C(CF)CCc1ccc2ccccc2c1. The van der Waals surface area contributed by atoms with Crippen LogP contribution in [0.2, 0.25) is 0 Å². The molecule has 0 saturated carbocycles. The van der Waals surface area contributed by atoms with E-state index in [0.29, 0.717) is 6.42 Å². The van der Waals surface area contributed by atoms with E-state index < -0.39 is 6.67 Å². The minimum absolute atomic E-state index is 0. The second-order valence-electron chi connectivity index (χ2n) is 3.85. The maximum atomic E-state index is 12.0. The Bertz CT molecular complexity index is 505. The number of hydrogen-bond donors (Lipinski definition) is 0. The zero-order chi connectivity index (χ0) is 11.4. The minimum atomic E-state index is -0.854. The van der Waals surface area contributed by atoms with E-state index in [-0.39, 0.29) is 19.6 Å². The molecule has 0 spiro atoms. The maximum Gasteiger partial charge on any atom is 0.164 e. The van der Waals surface area contributed by atoms with Gasteiger partial charge in [0.15, 0.2) is 5.78 Å². The number of hydrogen-bond acceptors (Lipinski definition) is 1. The van der Waals surface area contributed by atoms with Gasteiger partial charge in [-0.2, -0.15) is 0 Å². The van der Waals surface area contributed by atoms with Gasteiger partial charge >= 0.3 is 0 Å². The number of rotatable bonds is 4. The Morgan fingerprint density at radius 1 is 1.06 bits per heavy atom. The van der Waals surface area contributed by atoms with Crippen molar-refractivity contribution in [3.8, 4) is 0 Å². The Hall–Kier alpha value is -1.70. The van der Waals surface area contributed by atoms with Gasteiger partial charge in [0.1, 0.15) is 6.67 Å². The van der Waals surface area contributed by atoms with Gasteiger partial charge in [-0.15, -0.1) is 0 Å². The van der Waals surface area contributed by atoms with Crippen molar-refractivity contribution in [1.29, 1.82) is 0 Å². The molecular weight excluding hydrogens is 215 g/mol. The number of carbonyl (C=O) groups excluding carboxylic acids is 1. The molecule has 2 aromatic carbocycles. The van der Waals surface area contributed by atoms with Crippen molar-refractivity contribution >= 4 is 16.6 Å². The monoisotopic (exact) mass is 232 g/mol. The number of Topliss-reactive ketones (excluding diaryl/α,β-unsaturated/α-hetero) is 1. The molecule has 0 aliphatic carbocycles. The summed E-state index contributed by atoms with van der Waals surface area (Å²) in [6.45, 7) is -0.854. The number of halogens is 1. The van der Waals surface area contributed by atoms with Crippen LogP contribution in [-0.2, 0) is 11.2 Å². The van der Waals surface area contributed by atoms with Gasteiger partial charge in [-0.25, -0.2) is 4.39 Å². The average Bonchev–Trinajstić information content (AvgIpc) is 2.35. The molecular formula is C15H17FO. The average molecular weight is 232 g/mol. The second-order valence-corrected chi connectivity index (χ2v) is 3.85. The normalized spacial score (nSPS) is 9.94. The van der Waals surface area contributed by atoms with Crippen LogP contribution >= 0.6 is 0 Å². The molecule has 90 valence electrons. The standard InChI is InChI=1S/C14H13FO.CH4/c15-10-14(16)8-6-11-5-7-12-3-1-2-4-13(12)9-11;/h1-5,7,9H,6,8,10H2;1H4. The van der Waals surface area contributed by atoms with Gasteiger partial charge in [-0.05, 0) is 22.8 Å². The summed E-state index contributed by atoms with van der Waals surface area (Å²) in [5.41, 5.74) is 1.08. The van der Waals surface area contributed by atoms with Crippen LogP contribution in [0, 0.1) is 0 Å². The molecule has 0 amide bonds. The summed E-state index contributed by atoms with van der Waals surface area (Å²) in [4.78, 5) is 10.9. The first-order valence-corrected chi connectivity index (χ1v) is 5.35. The molecule has 0 radical (unpaired) electrons. The number of alkyl halides is 1. The van der Waals surface area contributed by atoms with Crippen molar-refractivity contribution in [2.45, 2.75) is 20.3 Å². The lowest BCUT2D eigenvalue weighted by Crippen LogP contribution is -2.01. The van der Waals surface area contributed by atoms with Crippen molar-refractivity contribution in [2.24, 2.45) is 0 Å². The van der Waals surface area contributed by atoms with Crippen LogP contribution in [0.25, 0.3) is 10.8 Å². The Balaban J connectivity index is 0.00000144. The van der Waals surface area contributed by atoms with Gasteiger partial charge in [-0.3, -0.25) is 4.79 Å². The molecule has 0 aliphatic rings. The molecule has 0 aromatic heterocycles. The van der Waals surface area contributed by atoms with E-state index >= 15 is 0 Å². The lowest BCUT2D eigenvalue weighted by Gasteiger charge is -2.02. The minimum Gasteiger partial charge on any atom is -0.297 e. The fourth-order valence-corrected chi connectivity index (χ4v) is 1.74. The molecule has 0 saturated heterocycles. The van der Waals surface area contributed by atoms with Gasteiger partial charge in [-0.1, -0.05) is 49.9 Å². The number of ketones is 1. The fraction of sp³-hybridized carbons (Fsp3) is 0.267. The second kappa shape index (κ2) is 6.14. The maximum absolute atomic E-state index is 12.0. The van der Waals surface area contributed by atoms with Crippen LogP contribution in [-0.4, -0.2) is 12.5 Å². The number of benzene rings is 2. The molecule has 0 atom stereocenters. The van der Waals surface area contributed by atoms with E-state index in [1.54, 1.807) is 0 Å². The molecule has 0 unspecified atom stereocenters. The van der Waals surface area contributed by atoms with Crippen molar-refractivity contribution in [3.05, 3.63) is 48.0 Å². The highest BCUT2D eigenvalue weighted by molar-refractivity contribution is 5.83. The third-order valence-electron chi connectivity index (χ3n) is 2.66. The zero-order valence-corrected chi connectivity index (χ0v) is 8.95. The van der Waals surface area contributed by atoms with Crippen LogP contribution in [0.15, 0.2) is 42.5 Å². The highest BCUT2D eigenvalue weighted by Gasteiger charge is 2.02. The van der Waals surface area contributed by atoms with Crippen molar-refractivity contribution < 1.29 is 9.18 Å². The van der Waals surface area contributed by atoms with Crippen LogP contribution in [0.1, 0.15) is 19.4 Å². The highest BCUT2D eigenvalue weighted by Crippen LogP contribution is 2.16. The first kappa shape index (κ1) is 13.4. The third-order valence-corrected chi connectivity index (χ3v) is 2.66. The van der Waals surface area contributed by atoms with Gasteiger partial charge in [0.05, 0.1) is 0 Å². The summed E-state index contributed by atoms with van der Waals surface area (Å²) in [5.74, 6) is -0.326. The van der Waals surface area contributed by atoms with E-state index in [2.05, 4.69) is 6.07 Å². The largest absolute Gasteiger partial charge is 0.297 e. The van der Waals surface area contributed by atoms with Crippen LogP contribution in [0.3, 0.4) is 0 Å². The van der Waals surface area contributed by atoms with Gasteiger partial charge in [0, 0.05) is 6.42 Å². The fourth-order valence-electron chi connectivity index (χ4n) is 1.74. The first-order chi connectivity index (χ1) is 7.79. The summed E-state index contributed by atoms with van der Waals surface area (Å²) in [6.07, 6.45) is 0.905. The molecule has 0 bridgehead atoms. The lowest BCUT2D eigenvalue weighted by atomic mass is 10.0. The molecule has 2 rings (SSSR count). The van der Waals surface area contributed by atoms with Gasteiger partial charge < -0.3 is 0 Å². The number of aryl methyl sites for hydroxylation is 1. The number of carbonyl (C=O) groups is 1. The Labute approximate surface area is 101 Å². The predicted molar refractivity (Wildman–Crippen MR) is 70.0 cm³/mol. The molecule has 0 N–H and O–H groups in total. The van der Waals surface area contributed by atoms with Crippen LogP contribution in [0.4, 0.5) is 4.39 Å². The van der Waals surface area contributed by atoms with E-state index in [1.807, 2.05) is 36.4 Å². The third kappa shape index (κ3) is 3.38. The molecule has 2 heteroatoms. The summed E-state index contributed by atoms with van der Waals surface area (Å²) in [6, 6.07) is 14.1. The molecule has 0 aliphatic heterocycles. The quantitative estimate of drug-likeness (QED) is 0.780. The predicted octanol–water partition coefficient (Wildman–Crippen LogP) is 3.95. The summed E-state index contributed by atoms with van der Waals surface area (Å²) >= 11 is 0. The number of fused-ring (bicyclic) bond motifs is 1. The Kier molecular flexibility index (Phi) is 4.83. The van der Waals surface area contributed by atoms with Gasteiger partial charge in [0.2, 0.25) is 0 Å². The molecule has 17 heavy (non-hydrogen) atoms. The summed E-state index contributed by atoms with van der Waals surface area (Å²) in [5, 5.41) is 2.34. The van der Waals surface area contributed by atoms with E-state index in [0.717, 1.165) is 10.9 Å². The zero-order valence-electron chi connectivity index (χ0n) is 8.95. The lowest BCUT2D eigenvalue weighted by molar-refractivity contribution is -0.119.